The maximum Gasteiger partial charge on any atom is 0.209 e. The highest BCUT2D eigenvalue weighted by molar-refractivity contribution is 7.99. The van der Waals surface area contributed by atoms with Gasteiger partial charge in [-0.15, -0.1) is 5.10 Å². The van der Waals surface area contributed by atoms with E-state index in [-0.39, 0.29) is 6.10 Å². The van der Waals surface area contributed by atoms with Crippen molar-refractivity contribution in [3.05, 3.63) is 0 Å². The Morgan fingerprint density at radius 2 is 2.28 bits per heavy atom. The molecule has 0 aliphatic heterocycles. The fraction of sp³-hybridized carbons (Fsp3) is 0.900. The van der Waals surface area contributed by atoms with Gasteiger partial charge in [0.1, 0.15) is 0 Å². The summed E-state index contributed by atoms with van der Waals surface area (Å²) in [5, 5.41) is 24.9. The number of nitrogens with one attached hydrogen (secondary N) is 1. The Kier molecular flexibility index (Phi) is 7.18. The number of aliphatic hydroxyl groups excluding tert-OH is 1. The minimum Gasteiger partial charge on any atom is -0.390 e. The first kappa shape index (κ1) is 15.4. The van der Waals surface area contributed by atoms with E-state index in [1.165, 1.54) is 11.8 Å². The van der Waals surface area contributed by atoms with Gasteiger partial charge in [0.25, 0.3) is 0 Å². The van der Waals surface area contributed by atoms with Gasteiger partial charge in [0.2, 0.25) is 5.16 Å². The minimum absolute atomic E-state index is 0.130. The fourth-order valence-electron chi connectivity index (χ4n) is 1.18. The van der Waals surface area contributed by atoms with Crippen LogP contribution in [0.5, 0.6) is 0 Å². The highest BCUT2D eigenvalue weighted by Crippen LogP contribution is 2.14. The number of ether oxygens (including phenoxy) is 1. The third-order valence-corrected chi connectivity index (χ3v) is 3.20. The van der Waals surface area contributed by atoms with Gasteiger partial charge < -0.3 is 15.2 Å². The number of likely N-dealkylation sites (N-methyl/N-ethyl adjacent to an activating group) is 1. The molecule has 1 unspecified atom stereocenters. The van der Waals surface area contributed by atoms with E-state index < -0.39 is 6.10 Å². The van der Waals surface area contributed by atoms with Crippen molar-refractivity contribution in [1.29, 1.82) is 0 Å². The van der Waals surface area contributed by atoms with Crippen LogP contribution in [0.25, 0.3) is 0 Å². The SMILES string of the molecule is CNCCn1nnnc1SCC(O)COC(C)C. The van der Waals surface area contributed by atoms with Gasteiger partial charge in [-0.2, -0.15) is 0 Å². The van der Waals surface area contributed by atoms with E-state index in [1.807, 2.05) is 20.9 Å². The van der Waals surface area contributed by atoms with E-state index in [1.54, 1.807) is 4.68 Å². The van der Waals surface area contributed by atoms with Gasteiger partial charge in [-0.05, 0) is 31.3 Å². The molecule has 0 fully saturated rings. The van der Waals surface area contributed by atoms with E-state index in [2.05, 4.69) is 20.8 Å². The van der Waals surface area contributed by atoms with Gasteiger partial charge in [-0.25, -0.2) is 4.68 Å². The first-order valence-electron chi connectivity index (χ1n) is 5.96. The maximum absolute atomic E-state index is 9.73. The summed E-state index contributed by atoms with van der Waals surface area (Å²) in [6.07, 6.45) is -0.377. The van der Waals surface area contributed by atoms with Gasteiger partial charge >= 0.3 is 0 Å². The highest BCUT2D eigenvalue weighted by atomic mass is 32.2. The lowest BCUT2D eigenvalue weighted by Gasteiger charge is -2.12. The molecule has 18 heavy (non-hydrogen) atoms. The normalized spacial score (nSPS) is 13.2. The Balaban J connectivity index is 2.31. The molecule has 0 bridgehead atoms. The molecule has 0 aliphatic carbocycles. The van der Waals surface area contributed by atoms with Crippen LogP contribution in [-0.4, -0.2) is 63.5 Å². The molecule has 0 amide bonds. The van der Waals surface area contributed by atoms with Crippen LogP contribution in [0.1, 0.15) is 13.8 Å². The van der Waals surface area contributed by atoms with Crippen molar-refractivity contribution in [2.45, 2.75) is 37.8 Å². The number of hydrogen-bond donors (Lipinski definition) is 2. The smallest absolute Gasteiger partial charge is 0.209 e. The van der Waals surface area contributed by atoms with Crippen LogP contribution in [0.4, 0.5) is 0 Å². The van der Waals surface area contributed by atoms with Crippen molar-refractivity contribution >= 4 is 11.8 Å². The number of tetrazole rings is 1. The van der Waals surface area contributed by atoms with Crippen LogP contribution < -0.4 is 5.32 Å². The number of rotatable bonds is 9. The van der Waals surface area contributed by atoms with Crippen molar-refractivity contribution in [2.24, 2.45) is 0 Å². The molecule has 0 saturated carbocycles. The third kappa shape index (κ3) is 5.76. The van der Waals surface area contributed by atoms with Gasteiger partial charge in [-0.1, -0.05) is 11.8 Å². The lowest BCUT2D eigenvalue weighted by molar-refractivity contribution is 0.0152. The summed E-state index contributed by atoms with van der Waals surface area (Å²) in [4.78, 5) is 0. The molecule has 104 valence electrons. The molecular formula is C10H21N5O2S. The Morgan fingerprint density at radius 1 is 1.50 bits per heavy atom. The zero-order valence-corrected chi connectivity index (χ0v) is 11.9. The Labute approximate surface area is 111 Å². The van der Waals surface area contributed by atoms with Crippen LogP contribution in [0, 0.1) is 0 Å². The molecule has 0 aromatic carbocycles. The van der Waals surface area contributed by atoms with Gasteiger partial charge in [0.05, 0.1) is 25.4 Å². The highest BCUT2D eigenvalue weighted by Gasteiger charge is 2.11. The van der Waals surface area contributed by atoms with E-state index in [0.717, 1.165) is 6.54 Å². The molecule has 1 atom stereocenters. The Morgan fingerprint density at radius 3 is 2.94 bits per heavy atom. The van der Waals surface area contributed by atoms with E-state index in [0.29, 0.717) is 24.1 Å². The average molecular weight is 275 g/mol. The molecule has 0 aliphatic rings. The Bertz CT molecular complexity index is 334. The number of hydrogen-bond acceptors (Lipinski definition) is 7. The Hall–Kier alpha value is -0.700. The second-order valence-electron chi connectivity index (χ2n) is 4.14. The van der Waals surface area contributed by atoms with Gasteiger partial charge in [-0.3, -0.25) is 0 Å². The van der Waals surface area contributed by atoms with Gasteiger partial charge in [0, 0.05) is 12.3 Å². The summed E-state index contributed by atoms with van der Waals surface area (Å²) < 4.78 is 7.06. The third-order valence-electron chi connectivity index (χ3n) is 2.10. The minimum atomic E-state index is -0.508. The summed E-state index contributed by atoms with van der Waals surface area (Å²) in [5.74, 6) is 0.520. The number of nitrogens with zero attached hydrogens (tertiary/aromatic N) is 4. The zero-order chi connectivity index (χ0) is 13.4. The summed E-state index contributed by atoms with van der Waals surface area (Å²) in [6, 6.07) is 0. The number of aromatic nitrogens is 4. The molecule has 0 saturated heterocycles. The first-order chi connectivity index (χ1) is 8.63. The summed E-state index contributed by atoms with van der Waals surface area (Å²) in [6.45, 7) is 5.74. The average Bonchev–Trinajstić information content (AvgIpc) is 2.78. The molecule has 0 radical (unpaired) electrons. The standard InChI is InChI=1S/C10H21N5O2S/c1-8(2)17-6-9(16)7-18-10-12-13-14-15(10)5-4-11-3/h8-9,11,16H,4-7H2,1-3H3. The van der Waals surface area contributed by atoms with Crippen molar-refractivity contribution < 1.29 is 9.84 Å². The van der Waals surface area contributed by atoms with Crippen molar-refractivity contribution in [3.8, 4) is 0 Å². The summed E-state index contributed by atoms with van der Waals surface area (Å²) in [7, 11) is 1.88. The second-order valence-corrected chi connectivity index (χ2v) is 5.12. The molecular weight excluding hydrogens is 254 g/mol. The van der Waals surface area contributed by atoms with Crippen molar-refractivity contribution in [3.63, 3.8) is 0 Å². The van der Waals surface area contributed by atoms with Crippen LogP contribution in [0.3, 0.4) is 0 Å². The molecule has 1 heterocycles. The van der Waals surface area contributed by atoms with E-state index in [9.17, 15) is 5.11 Å². The predicted molar refractivity (Wildman–Crippen MR) is 69.6 cm³/mol. The maximum atomic E-state index is 9.73. The topological polar surface area (TPSA) is 85.1 Å². The van der Waals surface area contributed by atoms with Crippen LogP contribution >= 0.6 is 11.8 Å². The zero-order valence-electron chi connectivity index (χ0n) is 11.0. The first-order valence-corrected chi connectivity index (χ1v) is 6.95. The lowest BCUT2D eigenvalue weighted by Crippen LogP contribution is -2.21. The molecule has 0 spiro atoms. The predicted octanol–water partition coefficient (Wildman–Crippen LogP) is -0.230. The molecule has 8 heteroatoms. The second kappa shape index (κ2) is 8.41. The molecule has 2 N–H and O–H groups in total. The number of thioether (sulfide) groups is 1. The van der Waals surface area contributed by atoms with Crippen molar-refractivity contribution in [2.75, 3.05) is 26.0 Å². The van der Waals surface area contributed by atoms with Crippen LogP contribution in [-0.2, 0) is 11.3 Å². The molecule has 1 rings (SSSR count). The number of aliphatic hydroxyl groups is 1. The monoisotopic (exact) mass is 275 g/mol. The van der Waals surface area contributed by atoms with E-state index >= 15 is 0 Å². The molecule has 1 aromatic rings. The lowest BCUT2D eigenvalue weighted by atomic mass is 10.4. The van der Waals surface area contributed by atoms with Gasteiger partial charge in [0.15, 0.2) is 0 Å². The fourth-order valence-corrected chi connectivity index (χ4v) is 1.99. The van der Waals surface area contributed by atoms with Crippen LogP contribution in [0.2, 0.25) is 0 Å². The largest absolute Gasteiger partial charge is 0.390 e. The quantitative estimate of drug-likeness (QED) is 0.602. The summed E-state index contributed by atoms with van der Waals surface area (Å²) >= 11 is 1.43. The molecule has 7 nitrogen and oxygen atoms in total. The van der Waals surface area contributed by atoms with E-state index in [4.69, 9.17) is 4.74 Å². The van der Waals surface area contributed by atoms with Crippen molar-refractivity contribution in [1.82, 2.24) is 25.5 Å². The summed E-state index contributed by atoms with van der Waals surface area (Å²) in [5.41, 5.74) is 0. The molecule has 1 aromatic heterocycles. The van der Waals surface area contributed by atoms with Crippen LogP contribution in [0.15, 0.2) is 5.16 Å².